The van der Waals surface area contributed by atoms with Gasteiger partial charge >= 0.3 is 5.97 Å². The summed E-state index contributed by atoms with van der Waals surface area (Å²) in [4.78, 5) is 11.8. The van der Waals surface area contributed by atoms with E-state index in [1.807, 2.05) is 19.1 Å². The molecule has 2 heterocycles. The van der Waals surface area contributed by atoms with Gasteiger partial charge in [-0.2, -0.15) is 5.10 Å². The lowest BCUT2D eigenvalue weighted by Gasteiger charge is -2.05. The molecule has 0 aliphatic carbocycles. The maximum Gasteiger partial charge on any atom is 0.342 e. The molecule has 0 fully saturated rings. The number of aliphatic hydroxyl groups excluding tert-OH is 1. The average molecular weight is 234 g/mol. The number of aliphatic hydroxyl groups is 1. The number of fused-ring (bicyclic) bond motifs is 1. The van der Waals surface area contributed by atoms with Crippen molar-refractivity contribution < 1.29 is 14.6 Å². The number of pyridine rings is 1. The van der Waals surface area contributed by atoms with E-state index < -0.39 is 5.97 Å². The van der Waals surface area contributed by atoms with Gasteiger partial charge in [0.1, 0.15) is 5.56 Å². The van der Waals surface area contributed by atoms with Crippen LogP contribution in [0.25, 0.3) is 5.52 Å². The van der Waals surface area contributed by atoms with Crippen molar-refractivity contribution >= 4 is 11.5 Å². The summed E-state index contributed by atoms with van der Waals surface area (Å²) < 4.78 is 6.38. The highest BCUT2D eigenvalue weighted by Gasteiger charge is 2.23. The van der Waals surface area contributed by atoms with Crippen LogP contribution >= 0.6 is 0 Å². The molecule has 1 atom stereocenters. The van der Waals surface area contributed by atoms with Crippen LogP contribution in [-0.2, 0) is 4.74 Å². The molecule has 1 unspecified atom stereocenters. The standard InChI is InChI=1S/C12H14N2O3/c1-8(7-15)11-10(12(16)17-2)9-5-3-4-6-14(9)13-11/h3-6,8,15H,7H2,1-2H3. The number of hydrogen-bond donors (Lipinski definition) is 1. The summed E-state index contributed by atoms with van der Waals surface area (Å²) in [7, 11) is 1.34. The molecule has 5 heteroatoms. The second-order valence-corrected chi connectivity index (χ2v) is 3.87. The topological polar surface area (TPSA) is 63.8 Å². The first-order valence-electron chi connectivity index (χ1n) is 5.35. The molecule has 0 aliphatic heterocycles. The number of ether oxygens (including phenoxy) is 1. The molecule has 0 aliphatic rings. The minimum atomic E-state index is -0.429. The lowest BCUT2D eigenvalue weighted by Crippen LogP contribution is -2.08. The van der Waals surface area contributed by atoms with E-state index >= 15 is 0 Å². The largest absolute Gasteiger partial charge is 0.465 e. The predicted octanol–water partition coefficient (Wildman–Crippen LogP) is 1.22. The molecule has 0 bridgehead atoms. The lowest BCUT2D eigenvalue weighted by molar-refractivity contribution is 0.0601. The summed E-state index contributed by atoms with van der Waals surface area (Å²) >= 11 is 0. The van der Waals surface area contributed by atoms with Crippen LogP contribution in [0.4, 0.5) is 0 Å². The summed E-state index contributed by atoms with van der Waals surface area (Å²) in [5, 5.41) is 13.5. The summed E-state index contributed by atoms with van der Waals surface area (Å²) in [5.41, 5.74) is 1.68. The van der Waals surface area contributed by atoms with Crippen molar-refractivity contribution in [2.45, 2.75) is 12.8 Å². The molecule has 0 saturated heterocycles. The zero-order valence-electron chi connectivity index (χ0n) is 9.75. The number of carbonyl (C=O) groups is 1. The van der Waals surface area contributed by atoms with Crippen molar-refractivity contribution in [2.75, 3.05) is 13.7 Å². The minimum absolute atomic E-state index is 0.0616. The van der Waals surface area contributed by atoms with Gasteiger partial charge in [0.05, 0.1) is 24.9 Å². The third-order valence-corrected chi connectivity index (χ3v) is 2.70. The summed E-state index contributed by atoms with van der Waals surface area (Å²) in [6.07, 6.45) is 1.76. The molecular formula is C12H14N2O3. The third-order valence-electron chi connectivity index (χ3n) is 2.70. The Morgan fingerprint density at radius 1 is 1.59 bits per heavy atom. The van der Waals surface area contributed by atoms with Gasteiger partial charge in [0.15, 0.2) is 0 Å². The first-order chi connectivity index (χ1) is 8.19. The maximum atomic E-state index is 11.8. The van der Waals surface area contributed by atoms with Gasteiger partial charge < -0.3 is 9.84 Å². The van der Waals surface area contributed by atoms with Crippen LogP contribution in [0.3, 0.4) is 0 Å². The van der Waals surface area contributed by atoms with Gasteiger partial charge in [-0.3, -0.25) is 0 Å². The number of aromatic nitrogens is 2. The lowest BCUT2D eigenvalue weighted by atomic mass is 10.0. The molecule has 0 spiro atoms. The molecule has 2 aromatic rings. The van der Waals surface area contributed by atoms with E-state index in [0.717, 1.165) is 0 Å². The number of carbonyl (C=O) groups excluding carboxylic acids is 1. The molecular weight excluding hydrogens is 220 g/mol. The van der Waals surface area contributed by atoms with E-state index in [9.17, 15) is 9.90 Å². The monoisotopic (exact) mass is 234 g/mol. The zero-order chi connectivity index (χ0) is 12.4. The Balaban J connectivity index is 2.69. The average Bonchev–Trinajstić information content (AvgIpc) is 2.76. The molecule has 0 amide bonds. The molecule has 90 valence electrons. The summed E-state index contributed by atoms with van der Waals surface area (Å²) in [6, 6.07) is 5.46. The van der Waals surface area contributed by atoms with E-state index in [4.69, 9.17) is 4.74 Å². The van der Waals surface area contributed by atoms with Crippen LogP contribution < -0.4 is 0 Å². The Hall–Kier alpha value is -1.88. The number of nitrogens with zero attached hydrogens (tertiary/aromatic N) is 2. The predicted molar refractivity (Wildman–Crippen MR) is 62.0 cm³/mol. The fourth-order valence-corrected chi connectivity index (χ4v) is 1.76. The van der Waals surface area contributed by atoms with Crippen molar-refractivity contribution in [3.8, 4) is 0 Å². The molecule has 17 heavy (non-hydrogen) atoms. The molecule has 0 radical (unpaired) electrons. The maximum absolute atomic E-state index is 11.8. The van der Waals surface area contributed by atoms with Crippen molar-refractivity contribution in [1.29, 1.82) is 0 Å². The van der Waals surface area contributed by atoms with E-state index in [2.05, 4.69) is 5.10 Å². The van der Waals surface area contributed by atoms with Gasteiger partial charge in [0.25, 0.3) is 0 Å². The molecule has 2 rings (SSSR count). The van der Waals surface area contributed by atoms with Gasteiger partial charge in [-0.15, -0.1) is 0 Å². The van der Waals surface area contributed by atoms with Crippen LogP contribution in [0.1, 0.15) is 28.9 Å². The Morgan fingerprint density at radius 2 is 2.35 bits per heavy atom. The van der Waals surface area contributed by atoms with Gasteiger partial charge in [0.2, 0.25) is 0 Å². The van der Waals surface area contributed by atoms with E-state index in [-0.39, 0.29) is 12.5 Å². The second kappa shape index (κ2) is 4.55. The second-order valence-electron chi connectivity index (χ2n) is 3.87. The van der Waals surface area contributed by atoms with Gasteiger partial charge in [0, 0.05) is 12.1 Å². The van der Waals surface area contributed by atoms with Crippen molar-refractivity contribution in [3.05, 3.63) is 35.7 Å². The normalized spacial score (nSPS) is 12.6. The van der Waals surface area contributed by atoms with Gasteiger partial charge in [-0.05, 0) is 12.1 Å². The van der Waals surface area contributed by atoms with Crippen LogP contribution in [0.15, 0.2) is 24.4 Å². The fraction of sp³-hybridized carbons (Fsp3) is 0.333. The van der Waals surface area contributed by atoms with Crippen LogP contribution in [0, 0.1) is 0 Å². The number of methoxy groups -OCH3 is 1. The Labute approximate surface area is 98.6 Å². The smallest absolute Gasteiger partial charge is 0.342 e. The molecule has 5 nitrogen and oxygen atoms in total. The highest BCUT2D eigenvalue weighted by molar-refractivity contribution is 5.98. The molecule has 0 saturated carbocycles. The van der Waals surface area contributed by atoms with Crippen molar-refractivity contribution in [3.63, 3.8) is 0 Å². The number of esters is 1. The number of hydrogen-bond acceptors (Lipinski definition) is 4. The Kier molecular flexibility index (Phi) is 3.10. The minimum Gasteiger partial charge on any atom is -0.465 e. The van der Waals surface area contributed by atoms with Crippen LogP contribution in [0.5, 0.6) is 0 Å². The van der Waals surface area contributed by atoms with E-state index in [1.54, 1.807) is 16.8 Å². The van der Waals surface area contributed by atoms with Gasteiger partial charge in [-0.25, -0.2) is 9.31 Å². The van der Waals surface area contributed by atoms with Gasteiger partial charge in [-0.1, -0.05) is 13.0 Å². The van der Waals surface area contributed by atoms with Crippen LogP contribution in [0.2, 0.25) is 0 Å². The Morgan fingerprint density at radius 3 is 3.00 bits per heavy atom. The molecule has 1 N–H and O–H groups in total. The number of rotatable bonds is 3. The molecule has 0 aromatic carbocycles. The first-order valence-corrected chi connectivity index (χ1v) is 5.35. The highest BCUT2D eigenvalue weighted by Crippen LogP contribution is 2.23. The summed E-state index contributed by atoms with van der Waals surface area (Å²) in [6.45, 7) is 1.75. The summed E-state index contributed by atoms with van der Waals surface area (Å²) in [5.74, 6) is -0.634. The zero-order valence-corrected chi connectivity index (χ0v) is 9.75. The quantitative estimate of drug-likeness (QED) is 0.811. The third kappa shape index (κ3) is 1.89. The molecule has 2 aromatic heterocycles. The van der Waals surface area contributed by atoms with Crippen molar-refractivity contribution in [2.24, 2.45) is 0 Å². The van der Waals surface area contributed by atoms with E-state index in [1.165, 1.54) is 7.11 Å². The first kappa shape index (κ1) is 11.6. The SMILES string of the molecule is COC(=O)c1c(C(C)CO)nn2ccccc12. The van der Waals surface area contributed by atoms with Crippen LogP contribution in [-0.4, -0.2) is 34.4 Å². The van der Waals surface area contributed by atoms with E-state index in [0.29, 0.717) is 16.8 Å². The Bertz CT molecular complexity index is 548. The fourth-order valence-electron chi connectivity index (χ4n) is 1.76. The highest BCUT2D eigenvalue weighted by atomic mass is 16.5. The van der Waals surface area contributed by atoms with Crippen molar-refractivity contribution in [1.82, 2.24) is 9.61 Å².